The van der Waals surface area contributed by atoms with E-state index < -0.39 is 5.97 Å². The molecule has 0 aromatic rings. The van der Waals surface area contributed by atoms with Crippen molar-refractivity contribution in [3.8, 4) is 0 Å². The summed E-state index contributed by atoms with van der Waals surface area (Å²) in [5, 5.41) is 9.10. The van der Waals surface area contributed by atoms with Crippen LogP contribution in [0.3, 0.4) is 0 Å². The molecule has 0 heterocycles. The fraction of sp³-hybridized carbons (Fsp3) is 0.733. The number of hydrogen-bond acceptors (Lipinski definition) is 2. The first-order valence-electron chi connectivity index (χ1n) is 7.18. The highest BCUT2D eigenvalue weighted by molar-refractivity contribution is 5.90. The van der Waals surface area contributed by atoms with E-state index in [1.807, 2.05) is 0 Å². The SMILES string of the molecule is C=CC(=O)N(CC(=O)O)C12CC3CC(CC(C3)C1)C2. The lowest BCUT2D eigenvalue weighted by Gasteiger charge is -2.60. The maximum Gasteiger partial charge on any atom is 0.323 e. The number of carbonyl (C=O) groups is 2. The Morgan fingerprint density at radius 3 is 2.00 bits per heavy atom. The normalized spacial score (nSPS) is 39.1. The lowest BCUT2D eigenvalue weighted by molar-refractivity contribution is -0.156. The maximum atomic E-state index is 12.1. The van der Waals surface area contributed by atoms with Crippen molar-refractivity contribution in [2.75, 3.05) is 6.54 Å². The average molecular weight is 263 g/mol. The smallest absolute Gasteiger partial charge is 0.323 e. The van der Waals surface area contributed by atoms with Crippen molar-refractivity contribution in [3.63, 3.8) is 0 Å². The quantitative estimate of drug-likeness (QED) is 0.790. The van der Waals surface area contributed by atoms with Gasteiger partial charge in [-0.3, -0.25) is 9.59 Å². The molecule has 4 bridgehead atoms. The standard InChI is InChI=1S/C15H21NO3/c1-2-13(17)16(9-14(18)19)15-6-10-3-11(7-15)5-12(4-10)8-15/h2,10-12H,1,3-9H2,(H,18,19). The Bertz CT molecular complexity index is 394. The second-order valence-electron chi connectivity index (χ2n) is 6.66. The average Bonchev–Trinajstić information content (AvgIpc) is 2.33. The summed E-state index contributed by atoms with van der Waals surface area (Å²) in [6, 6.07) is 0. The largest absolute Gasteiger partial charge is 0.480 e. The Labute approximate surface area is 113 Å². The summed E-state index contributed by atoms with van der Waals surface area (Å²) in [5.74, 6) is 0.941. The highest BCUT2D eigenvalue weighted by Crippen LogP contribution is 2.57. The van der Waals surface area contributed by atoms with Gasteiger partial charge in [0.1, 0.15) is 6.54 Å². The molecule has 4 nitrogen and oxygen atoms in total. The van der Waals surface area contributed by atoms with Crippen molar-refractivity contribution in [2.24, 2.45) is 17.8 Å². The summed E-state index contributed by atoms with van der Waals surface area (Å²) in [4.78, 5) is 24.8. The molecule has 4 fully saturated rings. The summed E-state index contributed by atoms with van der Waals surface area (Å²) in [6.07, 6.45) is 8.08. The maximum absolute atomic E-state index is 12.1. The van der Waals surface area contributed by atoms with Gasteiger partial charge in [-0.05, 0) is 62.4 Å². The summed E-state index contributed by atoms with van der Waals surface area (Å²) in [7, 11) is 0. The topological polar surface area (TPSA) is 57.6 Å². The van der Waals surface area contributed by atoms with Crippen molar-refractivity contribution < 1.29 is 14.7 Å². The van der Waals surface area contributed by atoms with Crippen LogP contribution < -0.4 is 0 Å². The first-order chi connectivity index (χ1) is 9.02. The van der Waals surface area contributed by atoms with Crippen LogP contribution in [0.1, 0.15) is 38.5 Å². The molecule has 0 aromatic carbocycles. The Morgan fingerprint density at radius 1 is 1.16 bits per heavy atom. The van der Waals surface area contributed by atoms with Gasteiger partial charge >= 0.3 is 5.97 Å². The number of nitrogens with zero attached hydrogens (tertiary/aromatic N) is 1. The van der Waals surface area contributed by atoms with Crippen LogP contribution in [0.2, 0.25) is 0 Å². The van der Waals surface area contributed by atoms with Crippen molar-refractivity contribution >= 4 is 11.9 Å². The van der Waals surface area contributed by atoms with E-state index in [-0.39, 0.29) is 18.0 Å². The predicted molar refractivity (Wildman–Crippen MR) is 70.4 cm³/mol. The van der Waals surface area contributed by atoms with E-state index in [2.05, 4.69) is 6.58 Å². The molecule has 0 unspecified atom stereocenters. The van der Waals surface area contributed by atoms with E-state index in [1.165, 1.54) is 25.3 Å². The number of carbonyl (C=O) groups excluding carboxylic acids is 1. The molecule has 4 heteroatoms. The van der Waals surface area contributed by atoms with Gasteiger partial charge in [0.05, 0.1) is 0 Å². The van der Waals surface area contributed by atoms with Gasteiger partial charge in [-0.1, -0.05) is 6.58 Å². The van der Waals surface area contributed by atoms with Crippen LogP contribution in [-0.4, -0.2) is 34.0 Å². The number of aliphatic carboxylic acids is 1. The number of carboxylic acid groups (broad SMARTS) is 1. The highest BCUT2D eigenvalue weighted by atomic mass is 16.4. The van der Waals surface area contributed by atoms with Gasteiger partial charge < -0.3 is 10.0 Å². The minimum Gasteiger partial charge on any atom is -0.480 e. The van der Waals surface area contributed by atoms with Crippen LogP contribution in [0.15, 0.2) is 12.7 Å². The van der Waals surface area contributed by atoms with E-state index in [4.69, 9.17) is 5.11 Å². The second-order valence-corrected chi connectivity index (χ2v) is 6.66. The molecular weight excluding hydrogens is 242 g/mol. The Hall–Kier alpha value is -1.32. The molecule has 0 radical (unpaired) electrons. The summed E-state index contributed by atoms with van der Waals surface area (Å²) >= 11 is 0. The molecule has 4 rings (SSSR count). The predicted octanol–water partition coefficient (Wildman–Crippen LogP) is 2.05. The van der Waals surface area contributed by atoms with E-state index >= 15 is 0 Å². The van der Waals surface area contributed by atoms with Crippen molar-refractivity contribution in [3.05, 3.63) is 12.7 Å². The van der Waals surface area contributed by atoms with Crippen LogP contribution in [0, 0.1) is 17.8 Å². The molecule has 4 saturated carbocycles. The Kier molecular flexibility index (Phi) is 2.91. The van der Waals surface area contributed by atoms with E-state index in [0.29, 0.717) is 17.8 Å². The monoisotopic (exact) mass is 263 g/mol. The van der Waals surface area contributed by atoms with Gasteiger partial charge in [0.2, 0.25) is 5.91 Å². The molecule has 4 aliphatic rings. The molecule has 1 N–H and O–H groups in total. The van der Waals surface area contributed by atoms with Crippen LogP contribution >= 0.6 is 0 Å². The Morgan fingerprint density at radius 2 is 1.63 bits per heavy atom. The number of amides is 1. The summed E-state index contributed by atoms with van der Waals surface area (Å²) in [6.45, 7) is 3.35. The van der Waals surface area contributed by atoms with E-state index in [9.17, 15) is 9.59 Å². The molecule has 1 amide bonds. The van der Waals surface area contributed by atoms with Gasteiger partial charge in [-0.25, -0.2) is 0 Å². The molecule has 0 aromatic heterocycles. The van der Waals surface area contributed by atoms with Crippen LogP contribution in [0.4, 0.5) is 0 Å². The van der Waals surface area contributed by atoms with Gasteiger partial charge in [-0.15, -0.1) is 0 Å². The molecule has 0 spiro atoms. The third-order valence-corrected chi connectivity index (χ3v) is 5.31. The molecule has 4 aliphatic carbocycles. The highest BCUT2D eigenvalue weighted by Gasteiger charge is 2.54. The minimum absolute atomic E-state index is 0.184. The first-order valence-corrected chi connectivity index (χ1v) is 7.18. The Balaban J connectivity index is 1.90. The van der Waals surface area contributed by atoms with E-state index in [1.54, 1.807) is 4.90 Å². The minimum atomic E-state index is -0.925. The van der Waals surface area contributed by atoms with Crippen LogP contribution in [-0.2, 0) is 9.59 Å². The number of hydrogen-bond donors (Lipinski definition) is 1. The zero-order valence-corrected chi connectivity index (χ0v) is 11.2. The van der Waals surface area contributed by atoms with Crippen molar-refractivity contribution in [2.45, 2.75) is 44.1 Å². The third kappa shape index (κ3) is 2.07. The number of rotatable bonds is 4. The van der Waals surface area contributed by atoms with Crippen LogP contribution in [0.25, 0.3) is 0 Å². The fourth-order valence-corrected chi connectivity index (χ4v) is 5.12. The zero-order chi connectivity index (χ0) is 13.6. The van der Waals surface area contributed by atoms with E-state index in [0.717, 1.165) is 19.3 Å². The molecule has 0 atom stereocenters. The van der Waals surface area contributed by atoms with Crippen molar-refractivity contribution in [1.29, 1.82) is 0 Å². The molecule has 104 valence electrons. The molecule has 0 saturated heterocycles. The molecule has 0 aliphatic heterocycles. The second kappa shape index (κ2) is 4.36. The fourth-order valence-electron chi connectivity index (χ4n) is 5.12. The third-order valence-electron chi connectivity index (χ3n) is 5.31. The van der Waals surface area contributed by atoms with Gasteiger partial charge in [0, 0.05) is 5.54 Å². The first kappa shape index (κ1) is 12.7. The lowest BCUT2D eigenvalue weighted by Crippen LogP contribution is -2.62. The lowest BCUT2D eigenvalue weighted by atomic mass is 9.52. The van der Waals surface area contributed by atoms with Crippen LogP contribution in [0.5, 0.6) is 0 Å². The van der Waals surface area contributed by atoms with Gasteiger partial charge in [0.25, 0.3) is 0 Å². The van der Waals surface area contributed by atoms with Gasteiger partial charge in [-0.2, -0.15) is 0 Å². The molecular formula is C15H21NO3. The summed E-state index contributed by atoms with van der Waals surface area (Å²) in [5.41, 5.74) is -0.196. The van der Waals surface area contributed by atoms with Gasteiger partial charge in [0.15, 0.2) is 0 Å². The molecule has 19 heavy (non-hydrogen) atoms. The zero-order valence-electron chi connectivity index (χ0n) is 11.2. The van der Waals surface area contributed by atoms with Crippen molar-refractivity contribution in [1.82, 2.24) is 4.90 Å². The number of carboxylic acids is 1. The summed E-state index contributed by atoms with van der Waals surface area (Å²) < 4.78 is 0.